The average molecular weight is 389 g/mol. The van der Waals surface area contributed by atoms with Crippen LogP contribution in [-0.4, -0.2) is 63.4 Å². The Hall–Kier alpha value is -1.80. The van der Waals surface area contributed by atoms with Gasteiger partial charge < -0.3 is 15.0 Å². The van der Waals surface area contributed by atoms with E-state index >= 15 is 0 Å². The second-order valence-electron chi connectivity index (χ2n) is 5.92. The summed E-state index contributed by atoms with van der Waals surface area (Å²) < 4.78 is 27.7. The van der Waals surface area contributed by atoms with Crippen LogP contribution in [0.25, 0.3) is 0 Å². The number of ether oxygens (including phenoxy) is 1. The number of rotatable bonds is 6. The molecular formula is C16H21ClN2O5S. The fraction of sp³-hybridized carbons (Fsp3) is 0.500. The van der Waals surface area contributed by atoms with Gasteiger partial charge in [0, 0.05) is 26.1 Å². The summed E-state index contributed by atoms with van der Waals surface area (Å²) in [5.74, 6) is -0.466. The highest BCUT2D eigenvalue weighted by Crippen LogP contribution is 2.23. The Morgan fingerprint density at radius 1 is 1.40 bits per heavy atom. The van der Waals surface area contributed by atoms with E-state index in [1.54, 1.807) is 25.2 Å². The minimum atomic E-state index is -3.03. The Balaban J connectivity index is 1.90. The molecule has 138 valence electrons. The molecule has 0 spiro atoms. The highest BCUT2D eigenvalue weighted by Gasteiger charge is 2.32. The van der Waals surface area contributed by atoms with Gasteiger partial charge >= 0.3 is 5.97 Å². The molecule has 0 radical (unpaired) electrons. The summed E-state index contributed by atoms with van der Waals surface area (Å²) in [5.41, 5.74) is 0.887. The van der Waals surface area contributed by atoms with E-state index in [0.29, 0.717) is 29.2 Å². The van der Waals surface area contributed by atoms with Crippen molar-refractivity contribution in [2.45, 2.75) is 18.9 Å². The zero-order valence-electron chi connectivity index (χ0n) is 14.1. The Bertz CT molecular complexity index is 766. The predicted molar refractivity (Wildman–Crippen MR) is 95.7 cm³/mol. The number of benzene rings is 1. The number of nitrogens with one attached hydrogen (secondary N) is 1. The van der Waals surface area contributed by atoms with Gasteiger partial charge in [-0.05, 0) is 24.6 Å². The standard InChI is InChI=1S/C16H21ClN2O5S/c1-19(12-6-8-25(22,23)10-12)15(20)5-7-18-14-9-11(16(21)24-2)3-4-13(14)17/h3-4,9,12,18H,5-8,10H2,1-2H3. The second-order valence-corrected chi connectivity index (χ2v) is 8.56. The van der Waals surface area contributed by atoms with E-state index in [0.717, 1.165) is 0 Å². The number of nitrogens with zero attached hydrogens (tertiary/aromatic N) is 1. The van der Waals surface area contributed by atoms with Crippen LogP contribution in [0.1, 0.15) is 23.2 Å². The maximum absolute atomic E-state index is 12.2. The maximum atomic E-state index is 12.2. The molecule has 0 aliphatic carbocycles. The summed E-state index contributed by atoms with van der Waals surface area (Å²) in [7, 11) is -0.112. The first-order valence-electron chi connectivity index (χ1n) is 7.81. The molecule has 1 N–H and O–H groups in total. The lowest BCUT2D eigenvalue weighted by Gasteiger charge is -2.23. The first-order chi connectivity index (χ1) is 11.7. The fourth-order valence-electron chi connectivity index (χ4n) is 2.67. The maximum Gasteiger partial charge on any atom is 0.337 e. The molecule has 1 atom stereocenters. The second kappa shape index (κ2) is 8.05. The SMILES string of the molecule is COC(=O)c1ccc(Cl)c(NCCC(=O)N(C)C2CCS(=O)(=O)C2)c1. The number of halogens is 1. The Labute approximate surface area is 152 Å². The van der Waals surface area contributed by atoms with Crippen LogP contribution in [0.3, 0.4) is 0 Å². The molecule has 1 aromatic carbocycles. The van der Waals surface area contributed by atoms with Crippen LogP contribution >= 0.6 is 11.6 Å². The molecule has 2 rings (SSSR count). The number of methoxy groups -OCH3 is 1. The summed E-state index contributed by atoms with van der Waals surface area (Å²) in [6, 6.07) is 4.43. The Morgan fingerprint density at radius 3 is 2.72 bits per heavy atom. The molecule has 1 aliphatic heterocycles. The van der Waals surface area contributed by atoms with Gasteiger partial charge in [-0.25, -0.2) is 13.2 Å². The van der Waals surface area contributed by atoms with Crippen molar-refractivity contribution in [3.8, 4) is 0 Å². The van der Waals surface area contributed by atoms with Gasteiger partial charge in [-0.1, -0.05) is 11.6 Å². The van der Waals surface area contributed by atoms with Gasteiger partial charge in [-0.3, -0.25) is 4.79 Å². The summed E-state index contributed by atoms with van der Waals surface area (Å²) in [4.78, 5) is 25.3. The van der Waals surface area contributed by atoms with Gasteiger partial charge in [0.1, 0.15) is 0 Å². The smallest absolute Gasteiger partial charge is 0.337 e. The fourth-order valence-corrected chi connectivity index (χ4v) is 4.63. The summed E-state index contributed by atoms with van der Waals surface area (Å²) in [6.07, 6.45) is 0.664. The largest absolute Gasteiger partial charge is 0.465 e. The molecule has 0 aromatic heterocycles. The van der Waals surface area contributed by atoms with Crippen LogP contribution in [0, 0.1) is 0 Å². The van der Waals surface area contributed by atoms with Gasteiger partial charge in [0.25, 0.3) is 0 Å². The number of hydrogen-bond donors (Lipinski definition) is 1. The molecule has 25 heavy (non-hydrogen) atoms. The van der Waals surface area contributed by atoms with Crippen molar-refractivity contribution in [3.05, 3.63) is 28.8 Å². The predicted octanol–water partition coefficient (Wildman–Crippen LogP) is 1.57. The van der Waals surface area contributed by atoms with Crippen LogP contribution in [0.4, 0.5) is 5.69 Å². The lowest BCUT2D eigenvalue weighted by Crippen LogP contribution is -2.38. The first-order valence-corrected chi connectivity index (χ1v) is 10.0. The zero-order chi connectivity index (χ0) is 18.6. The molecule has 1 saturated heterocycles. The number of carbonyl (C=O) groups is 2. The molecule has 7 nitrogen and oxygen atoms in total. The van der Waals surface area contributed by atoms with Crippen molar-refractivity contribution in [2.75, 3.05) is 37.5 Å². The number of amides is 1. The third kappa shape index (κ3) is 5.09. The van der Waals surface area contributed by atoms with E-state index in [1.165, 1.54) is 12.0 Å². The van der Waals surface area contributed by atoms with Crippen LogP contribution in [-0.2, 0) is 19.4 Å². The molecule has 9 heteroatoms. The summed E-state index contributed by atoms with van der Waals surface area (Å²) >= 11 is 6.08. The molecule has 0 saturated carbocycles. The molecule has 1 unspecified atom stereocenters. The van der Waals surface area contributed by atoms with Gasteiger partial charge in [0.15, 0.2) is 9.84 Å². The quantitative estimate of drug-likeness (QED) is 0.743. The van der Waals surface area contributed by atoms with E-state index < -0.39 is 15.8 Å². The van der Waals surface area contributed by atoms with Crippen LogP contribution < -0.4 is 5.32 Å². The average Bonchev–Trinajstić information content (AvgIpc) is 2.94. The van der Waals surface area contributed by atoms with Gasteiger partial charge in [-0.15, -0.1) is 0 Å². The number of carbonyl (C=O) groups excluding carboxylic acids is 2. The van der Waals surface area contributed by atoms with E-state index in [-0.39, 0.29) is 29.9 Å². The monoisotopic (exact) mass is 388 g/mol. The normalized spacial score (nSPS) is 18.6. The summed E-state index contributed by atoms with van der Waals surface area (Å²) in [6.45, 7) is 0.312. The van der Waals surface area contributed by atoms with E-state index in [4.69, 9.17) is 11.6 Å². The first kappa shape index (κ1) is 19.5. The van der Waals surface area contributed by atoms with E-state index in [2.05, 4.69) is 10.1 Å². The molecule has 0 bridgehead atoms. The van der Waals surface area contributed by atoms with Crippen LogP contribution in [0.15, 0.2) is 18.2 Å². The van der Waals surface area contributed by atoms with Crippen molar-refractivity contribution in [1.29, 1.82) is 0 Å². The highest BCUT2D eigenvalue weighted by atomic mass is 35.5. The molecule has 1 fully saturated rings. The molecule has 1 amide bonds. The van der Waals surface area contributed by atoms with Crippen molar-refractivity contribution in [2.24, 2.45) is 0 Å². The minimum absolute atomic E-state index is 0.0235. The number of sulfone groups is 1. The van der Waals surface area contributed by atoms with Crippen molar-refractivity contribution < 1.29 is 22.7 Å². The van der Waals surface area contributed by atoms with Gasteiger partial charge in [0.2, 0.25) is 5.91 Å². The van der Waals surface area contributed by atoms with Crippen molar-refractivity contribution in [3.63, 3.8) is 0 Å². The number of anilines is 1. The van der Waals surface area contributed by atoms with Gasteiger partial charge in [0.05, 0.1) is 34.9 Å². The lowest BCUT2D eigenvalue weighted by atomic mass is 10.2. The zero-order valence-corrected chi connectivity index (χ0v) is 15.7. The van der Waals surface area contributed by atoms with Crippen LogP contribution in [0.5, 0.6) is 0 Å². The third-order valence-corrected chi connectivity index (χ3v) is 6.27. The Kier molecular flexibility index (Phi) is 6.29. The summed E-state index contributed by atoms with van der Waals surface area (Å²) in [5, 5.41) is 3.45. The van der Waals surface area contributed by atoms with E-state index in [1.807, 2.05) is 0 Å². The molecule has 1 aromatic rings. The number of hydrogen-bond acceptors (Lipinski definition) is 6. The lowest BCUT2D eigenvalue weighted by molar-refractivity contribution is -0.131. The van der Waals surface area contributed by atoms with Crippen molar-refractivity contribution in [1.82, 2.24) is 4.90 Å². The third-order valence-electron chi connectivity index (χ3n) is 4.19. The number of esters is 1. The topological polar surface area (TPSA) is 92.8 Å². The van der Waals surface area contributed by atoms with Crippen LogP contribution in [0.2, 0.25) is 5.02 Å². The Morgan fingerprint density at radius 2 is 2.12 bits per heavy atom. The molecule has 1 heterocycles. The molecule has 1 aliphatic rings. The van der Waals surface area contributed by atoms with Crippen molar-refractivity contribution >= 4 is 39.0 Å². The highest BCUT2D eigenvalue weighted by molar-refractivity contribution is 7.91. The minimum Gasteiger partial charge on any atom is -0.465 e. The molecular weight excluding hydrogens is 368 g/mol. The van der Waals surface area contributed by atoms with E-state index in [9.17, 15) is 18.0 Å². The van der Waals surface area contributed by atoms with Gasteiger partial charge in [-0.2, -0.15) is 0 Å².